The summed E-state index contributed by atoms with van der Waals surface area (Å²) < 4.78 is 24.3. The first-order chi connectivity index (χ1) is 11.7. The van der Waals surface area contributed by atoms with E-state index in [0.717, 1.165) is 28.2 Å². The lowest BCUT2D eigenvalue weighted by atomic mass is 10.1. The van der Waals surface area contributed by atoms with Crippen molar-refractivity contribution in [3.63, 3.8) is 0 Å². The van der Waals surface area contributed by atoms with Crippen LogP contribution in [0, 0.1) is 5.82 Å². The number of rotatable bonds is 6. The van der Waals surface area contributed by atoms with Crippen molar-refractivity contribution in [3.05, 3.63) is 59.7 Å². The SMILES string of the molecule is COCC(Nc1ccc2nc(C3CC3)oc2c1)c1ccc(F)cc1. The van der Waals surface area contributed by atoms with Gasteiger partial charge in [-0.3, -0.25) is 0 Å². The van der Waals surface area contributed by atoms with E-state index in [1.807, 2.05) is 18.2 Å². The molecule has 1 aromatic heterocycles. The molecule has 4 rings (SSSR count). The summed E-state index contributed by atoms with van der Waals surface area (Å²) in [7, 11) is 1.65. The first-order valence-electron chi connectivity index (χ1n) is 8.14. The number of fused-ring (bicyclic) bond motifs is 1. The van der Waals surface area contributed by atoms with E-state index in [9.17, 15) is 4.39 Å². The van der Waals surface area contributed by atoms with Crippen LogP contribution in [0.1, 0.15) is 36.3 Å². The van der Waals surface area contributed by atoms with Crippen molar-refractivity contribution in [2.75, 3.05) is 19.0 Å². The minimum atomic E-state index is -0.245. The van der Waals surface area contributed by atoms with E-state index in [-0.39, 0.29) is 11.9 Å². The zero-order chi connectivity index (χ0) is 16.5. The molecule has 5 heteroatoms. The third-order valence-corrected chi connectivity index (χ3v) is 4.28. The molecule has 1 N–H and O–H groups in total. The van der Waals surface area contributed by atoms with Gasteiger partial charge >= 0.3 is 0 Å². The number of hydrogen-bond acceptors (Lipinski definition) is 4. The normalized spacial score (nSPS) is 15.6. The second kappa shape index (κ2) is 6.24. The molecule has 1 heterocycles. The van der Waals surface area contributed by atoms with E-state index in [1.165, 1.54) is 25.0 Å². The predicted octanol–water partition coefficient (Wildman–Crippen LogP) is 4.64. The first kappa shape index (κ1) is 15.1. The van der Waals surface area contributed by atoms with Gasteiger partial charge in [0.25, 0.3) is 0 Å². The Bertz CT molecular complexity index is 840. The molecule has 124 valence electrons. The molecule has 1 unspecified atom stereocenters. The highest BCUT2D eigenvalue weighted by atomic mass is 19.1. The van der Waals surface area contributed by atoms with Gasteiger partial charge in [0.1, 0.15) is 11.3 Å². The minimum Gasteiger partial charge on any atom is -0.440 e. The number of halogens is 1. The van der Waals surface area contributed by atoms with Crippen molar-refractivity contribution < 1.29 is 13.5 Å². The third kappa shape index (κ3) is 3.12. The topological polar surface area (TPSA) is 47.3 Å². The van der Waals surface area contributed by atoms with E-state index >= 15 is 0 Å². The summed E-state index contributed by atoms with van der Waals surface area (Å²) in [6.45, 7) is 0.480. The Balaban J connectivity index is 1.58. The number of anilines is 1. The number of aromatic nitrogens is 1. The lowest BCUT2D eigenvalue weighted by molar-refractivity contribution is 0.186. The van der Waals surface area contributed by atoms with Gasteiger partial charge in [-0.1, -0.05) is 12.1 Å². The largest absolute Gasteiger partial charge is 0.440 e. The number of oxazole rings is 1. The van der Waals surface area contributed by atoms with Crippen molar-refractivity contribution in [1.82, 2.24) is 4.98 Å². The third-order valence-electron chi connectivity index (χ3n) is 4.28. The molecular weight excluding hydrogens is 307 g/mol. The fourth-order valence-electron chi connectivity index (χ4n) is 2.82. The number of nitrogens with zero attached hydrogens (tertiary/aromatic N) is 1. The second-order valence-electron chi connectivity index (χ2n) is 6.21. The number of hydrogen-bond donors (Lipinski definition) is 1. The summed E-state index contributed by atoms with van der Waals surface area (Å²) in [6.07, 6.45) is 2.33. The van der Waals surface area contributed by atoms with E-state index in [0.29, 0.717) is 12.5 Å². The van der Waals surface area contributed by atoms with Crippen molar-refractivity contribution in [3.8, 4) is 0 Å². The lowest BCUT2D eigenvalue weighted by Gasteiger charge is -2.19. The molecule has 0 saturated heterocycles. The maximum Gasteiger partial charge on any atom is 0.198 e. The Morgan fingerprint density at radius 1 is 1.25 bits per heavy atom. The summed E-state index contributed by atoms with van der Waals surface area (Å²) in [6, 6.07) is 12.3. The van der Waals surface area contributed by atoms with Crippen molar-refractivity contribution in [2.24, 2.45) is 0 Å². The van der Waals surface area contributed by atoms with Gasteiger partial charge in [-0.05, 0) is 42.7 Å². The van der Waals surface area contributed by atoms with Crippen molar-refractivity contribution >= 4 is 16.8 Å². The van der Waals surface area contributed by atoms with Crippen LogP contribution in [0.2, 0.25) is 0 Å². The molecule has 0 amide bonds. The van der Waals surface area contributed by atoms with Crippen LogP contribution in [-0.2, 0) is 4.74 Å². The summed E-state index contributed by atoms with van der Waals surface area (Å²) in [5, 5.41) is 3.43. The monoisotopic (exact) mass is 326 g/mol. The Morgan fingerprint density at radius 2 is 2.04 bits per heavy atom. The van der Waals surface area contributed by atoms with Gasteiger partial charge in [-0.15, -0.1) is 0 Å². The molecule has 0 bridgehead atoms. The highest BCUT2D eigenvalue weighted by Gasteiger charge is 2.28. The van der Waals surface area contributed by atoms with Crippen LogP contribution in [0.25, 0.3) is 11.1 Å². The average molecular weight is 326 g/mol. The van der Waals surface area contributed by atoms with Crippen LogP contribution < -0.4 is 5.32 Å². The maximum atomic E-state index is 13.1. The molecule has 0 radical (unpaired) electrons. The smallest absolute Gasteiger partial charge is 0.198 e. The van der Waals surface area contributed by atoms with Gasteiger partial charge in [0.15, 0.2) is 11.5 Å². The Hall–Kier alpha value is -2.40. The van der Waals surface area contributed by atoms with Gasteiger partial charge < -0.3 is 14.5 Å². The van der Waals surface area contributed by atoms with Crippen molar-refractivity contribution in [1.29, 1.82) is 0 Å². The standard InChI is InChI=1S/C19H19FN2O2/c1-23-11-17(12-4-6-14(20)7-5-12)21-15-8-9-16-18(10-15)24-19(22-16)13-2-3-13/h4-10,13,17,21H,2-3,11H2,1H3. The molecule has 0 aliphatic heterocycles. The highest BCUT2D eigenvalue weighted by molar-refractivity contribution is 5.77. The minimum absolute atomic E-state index is 0.0705. The molecule has 1 aliphatic carbocycles. The number of methoxy groups -OCH3 is 1. The van der Waals surface area contributed by atoms with E-state index < -0.39 is 0 Å². The summed E-state index contributed by atoms with van der Waals surface area (Å²) in [5.41, 5.74) is 3.56. The van der Waals surface area contributed by atoms with Crippen LogP contribution in [0.3, 0.4) is 0 Å². The van der Waals surface area contributed by atoms with E-state index in [1.54, 1.807) is 19.2 Å². The Kier molecular flexibility index (Phi) is 3.94. The molecule has 1 saturated carbocycles. The van der Waals surface area contributed by atoms with Gasteiger partial charge in [-0.2, -0.15) is 0 Å². The van der Waals surface area contributed by atoms with Crippen LogP contribution in [0.4, 0.5) is 10.1 Å². The Morgan fingerprint density at radius 3 is 2.75 bits per heavy atom. The average Bonchev–Trinajstić information content (AvgIpc) is 3.35. The molecule has 2 aromatic carbocycles. The van der Waals surface area contributed by atoms with Gasteiger partial charge in [0.05, 0.1) is 12.6 Å². The highest BCUT2D eigenvalue weighted by Crippen LogP contribution is 2.40. The van der Waals surface area contributed by atoms with Gasteiger partial charge in [0.2, 0.25) is 0 Å². The molecule has 1 atom stereocenters. The molecule has 1 fully saturated rings. The zero-order valence-corrected chi connectivity index (χ0v) is 13.5. The fraction of sp³-hybridized carbons (Fsp3) is 0.316. The molecule has 3 aromatic rings. The molecule has 24 heavy (non-hydrogen) atoms. The predicted molar refractivity (Wildman–Crippen MR) is 90.6 cm³/mol. The zero-order valence-electron chi connectivity index (χ0n) is 13.5. The maximum absolute atomic E-state index is 13.1. The van der Waals surface area contributed by atoms with Gasteiger partial charge in [-0.25, -0.2) is 9.37 Å². The van der Waals surface area contributed by atoms with Crippen molar-refractivity contribution in [2.45, 2.75) is 24.8 Å². The van der Waals surface area contributed by atoms with E-state index in [2.05, 4.69) is 10.3 Å². The molecule has 4 nitrogen and oxygen atoms in total. The quantitative estimate of drug-likeness (QED) is 0.716. The summed E-state index contributed by atoms with van der Waals surface area (Å²) >= 11 is 0. The lowest BCUT2D eigenvalue weighted by Crippen LogP contribution is -2.16. The number of benzene rings is 2. The number of nitrogens with one attached hydrogen (secondary N) is 1. The fourth-order valence-corrected chi connectivity index (χ4v) is 2.82. The number of ether oxygens (including phenoxy) is 1. The second-order valence-corrected chi connectivity index (χ2v) is 6.21. The molecular formula is C19H19FN2O2. The van der Waals surface area contributed by atoms with E-state index in [4.69, 9.17) is 9.15 Å². The first-order valence-corrected chi connectivity index (χ1v) is 8.14. The molecule has 0 spiro atoms. The summed E-state index contributed by atoms with van der Waals surface area (Å²) in [4.78, 5) is 4.54. The Labute approximate surface area is 139 Å². The van der Waals surface area contributed by atoms with Gasteiger partial charge in [0, 0.05) is 24.8 Å². The molecule has 1 aliphatic rings. The van der Waals surface area contributed by atoms with Crippen LogP contribution in [0.15, 0.2) is 46.9 Å². The van der Waals surface area contributed by atoms with Crippen LogP contribution in [-0.4, -0.2) is 18.7 Å². The van der Waals surface area contributed by atoms with Crippen LogP contribution >= 0.6 is 0 Å². The van der Waals surface area contributed by atoms with Crippen LogP contribution in [0.5, 0.6) is 0 Å². The summed E-state index contributed by atoms with van der Waals surface area (Å²) in [5.74, 6) is 1.09.